The number of aryl methyl sites for hydroxylation is 3. The highest BCUT2D eigenvalue weighted by molar-refractivity contribution is 7.92. The maximum Gasteiger partial charge on any atom is 0.261 e. The van der Waals surface area contributed by atoms with E-state index in [0.717, 1.165) is 16.7 Å². The molecule has 8 heteroatoms. The number of carbonyl (C=O) groups is 1. The fraction of sp³-hybridized carbons (Fsp3) is 0.269. The Labute approximate surface area is 201 Å². The summed E-state index contributed by atoms with van der Waals surface area (Å²) in [7, 11) is -2.18. The van der Waals surface area contributed by atoms with Gasteiger partial charge in [0.25, 0.3) is 15.9 Å². The molecule has 0 heterocycles. The van der Waals surface area contributed by atoms with E-state index in [-0.39, 0.29) is 23.5 Å². The van der Waals surface area contributed by atoms with Gasteiger partial charge < -0.3 is 14.8 Å². The number of anilines is 1. The summed E-state index contributed by atoms with van der Waals surface area (Å²) in [5, 5.41) is 2.88. The second-order valence-electron chi connectivity index (χ2n) is 8.15. The maximum absolute atomic E-state index is 12.8. The summed E-state index contributed by atoms with van der Waals surface area (Å²) in [6.45, 7) is 7.29. The highest BCUT2D eigenvalue weighted by atomic mass is 32.2. The molecule has 7 nitrogen and oxygen atoms in total. The first kappa shape index (κ1) is 25.1. The van der Waals surface area contributed by atoms with Gasteiger partial charge in [-0.3, -0.25) is 9.52 Å². The minimum absolute atomic E-state index is 0.116. The van der Waals surface area contributed by atoms with Gasteiger partial charge in [-0.05, 0) is 80.8 Å². The SMILES string of the molecule is COc1ccccc1[C@H](C)NC(=O)COc1ccc(S(=O)(=O)Nc2ccc(C)c(C)c2)cc1C. The van der Waals surface area contributed by atoms with Crippen LogP contribution in [-0.4, -0.2) is 28.0 Å². The van der Waals surface area contributed by atoms with Crippen LogP contribution in [0, 0.1) is 20.8 Å². The molecule has 180 valence electrons. The Morgan fingerprint density at radius 2 is 1.65 bits per heavy atom. The third-order valence-electron chi connectivity index (χ3n) is 5.56. The van der Waals surface area contributed by atoms with E-state index in [1.54, 1.807) is 32.2 Å². The number of nitrogens with one attached hydrogen (secondary N) is 2. The van der Waals surface area contributed by atoms with Gasteiger partial charge in [0.05, 0.1) is 18.0 Å². The first-order valence-electron chi connectivity index (χ1n) is 10.9. The van der Waals surface area contributed by atoms with Gasteiger partial charge in [0, 0.05) is 11.3 Å². The first-order chi connectivity index (χ1) is 16.1. The monoisotopic (exact) mass is 482 g/mol. The van der Waals surface area contributed by atoms with Crippen LogP contribution in [0.1, 0.15) is 35.2 Å². The van der Waals surface area contributed by atoms with Crippen molar-refractivity contribution in [3.05, 3.63) is 82.9 Å². The number of para-hydroxylation sites is 1. The summed E-state index contributed by atoms with van der Waals surface area (Å²) >= 11 is 0. The number of methoxy groups -OCH3 is 1. The van der Waals surface area contributed by atoms with Gasteiger partial charge >= 0.3 is 0 Å². The summed E-state index contributed by atoms with van der Waals surface area (Å²) in [6.07, 6.45) is 0. The Bertz CT molecular complexity index is 1290. The van der Waals surface area contributed by atoms with Crippen molar-refractivity contribution >= 4 is 21.6 Å². The number of ether oxygens (including phenoxy) is 2. The molecule has 3 aromatic carbocycles. The molecule has 0 aromatic heterocycles. The Hall–Kier alpha value is -3.52. The average Bonchev–Trinajstić information content (AvgIpc) is 2.80. The first-order valence-corrected chi connectivity index (χ1v) is 12.3. The number of sulfonamides is 1. The molecule has 0 saturated carbocycles. The molecule has 0 spiro atoms. The quantitative estimate of drug-likeness (QED) is 0.462. The second-order valence-corrected chi connectivity index (χ2v) is 9.83. The van der Waals surface area contributed by atoms with Gasteiger partial charge in [-0.1, -0.05) is 24.3 Å². The molecular formula is C26H30N2O5S. The van der Waals surface area contributed by atoms with E-state index in [1.165, 1.54) is 12.1 Å². The van der Waals surface area contributed by atoms with Crippen molar-refractivity contribution in [3.8, 4) is 11.5 Å². The van der Waals surface area contributed by atoms with Crippen molar-refractivity contribution in [1.82, 2.24) is 5.32 Å². The third kappa shape index (κ3) is 6.08. The summed E-state index contributed by atoms with van der Waals surface area (Å²) in [4.78, 5) is 12.5. The average molecular weight is 483 g/mol. The number of benzene rings is 3. The Morgan fingerprint density at radius 3 is 2.32 bits per heavy atom. The summed E-state index contributed by atoms with van der Waals surface area (Å²) < 4.78 is 39.2. The molecule has 0 bridgehead atoms. The van der Waals surface area contributed by atoms with Crippen LogP contribution in [0.4, 0.5) is 5.69 Å². The van der Waals surface area contributed by atoms with Crippen molar-refractivity contribution in [3.63, 3.8) is 0 Å². The van der Waals surface area contributed by atoms with Crippen LogP contribution in [0.25, 0.3) is 0 Å². The summed E-state index contributed by atoms with van der Waals surface area (Å²) in [5.41, 5.74) is 4.05. The molecule has 1 atom stereocenters. The van der Waals surface area contributed by atoms with Gasteiger partial charge in [-0.2, -0.15) is 0 Å². The summed E-state index contributed by atoms with van der Waals surface area (Å²) in [6, 6.07) is 17.1. The fourth-order valence-corrected chi connectivity index (χ4v) is 4.63. The predicted octanol–water partition coefficient (Wildman–Crippen LogP) is 4.68. The largest absolute Gasteiger partial charge is 0.496 e. The molecule has 0 aliphatic heterocycles. The zero-order valence-electron chi connectivity index (χ0n) is 20.0. The summed E-state index contributed by atoms with van der Waals surface area (Å²) in [5.74, 6) is 0.828. The lowest BCUT2D eigenvalue weighted by molar-refractivity contribution is -0.123. The molecule has 0 aliphatic rings. The standard InChI is InChI=1S/C26H30N2O5S/c1-17-10-11-21(14-18(17)2)28-34(30,31)22-12-13-24(19(3)15-22)33-16-26(29)27-20(4)23-8-6-7-9-25(23)32-5/h6-15,20,28H,16H2,1-5H3,(H,27,29)/t20-/m0/s1. The van der Waals surface area contributed by atoms with E-state index in [9.17, 15) is 13.2 Å². The molecule has 0 saturated heterocycles. The van der Waals surface area contributed by atoms with Crippen molar-refractivity contribution in [2.45, 2.75) is 38.6 Å². The minimum Gasteiger partial charge on any atom is -0.496 e. The van der Waals surface area contributed by atoms with Crippen LogP contribution >= 0.6 is 0 Å². The van der Waals surface area contributed by atoms with Crippen LogP contribution < -0.4 is 19.5 Å². The Kier molecular flexibility index (Phi) is 7.83. The smallest absolute Gasteiger partial charge is 0.261 e. The van der Waals surface area contributed by atoms with Gasteiger partial charge in [0.2, 0.25) is 0 Å². The molecule has 34 heavy (non-hydrogen) atoms. The van der Waals surface area contributed by atoms with Crippen LogP contribution in [0.3, 0.4) is 0 Å². The molecular weight excluding hydrogens is 452 g/mol. The van der Waals surface area contributed by atoms with Crippen LogP contribution in [0.5, 0.6) is 11.5 Å². The molecule has 0 unspecified atom stereocenters. The minimum atomic E-state index is -3.76. The molecule has 3 aromatic rings. The highest BCUT2D eigenvalue weighted by Crippen LogP contribution is 2.26. The van der Waals surface area contributed by atoms with Crippen molar-refractivity contribution in [2.24, 2.45) is 0 Å². The molecule has 0 fully saturated rings. The van der Waals surface area contributed by atoms with E-state index in [0.29, 0.717) is 22.7 Å². The maximum atomic E-state index is 12.8. The van der Waals surface area contributed by atoms with E-state index < -0.39 is 10.0 Å². The van der Waals surface area contributed by atoms with E-state index >= 15 is 0 Å². The van der Waals surface area contributed by atoms with Crippen LogP contribution in [-0.2, 0) is 14.8 Å². The topological polar surface area (TPSA) is 93.7 Å². The van der Waals surface area contributed by atoms with E-state index in [4.69, 9.17) is 9.47 Å². The van der Waals surface area contributed by atoms with Crippen molar-refractivity contribution < 1.29 is 22.7 Å². The Balaban J connectivity index is 1.63. The predicted molar refractivity (Wildman–Crippen MR) is 133 cm³/mol. The highest BCUT2D eigenvalue weighted by Gasteiger charge is 2.17. The lowest BCUT2D eigenvalue weighted by atomic mass is 10.1. The third-order valence-corrected chi connectivity index (χ3v) is 6.94. The molecule has 3 rings (SSSR count). The van der Waals surface area contributed by atoms with E-state index in [1.807, 2.05) is 51.1 Å². The van der Waals surface area contributed by atoms with Gasteiger partial charge in [0.1, 0.15) is 11.5 Å². The normalized spacial score (nSPS) is 12.0. The number of amides is 1. The molecule has 1 amide bonds. The van der Waals surface area contributed by atoms with Crippen LogP contribution in [0.15, 0.2) is 65.6 Å². The van der Waals surface area contributed by atoms with Crippen molar-refractivity contribution in [1.29, 1.82) is 0 Å². The molecule has 0 radical (unpaired) electrons. The fourth-order valence-electron chi connectivity index (χ4n) is 3.50. The number of carbonyl (C=O) groups excluding carboxylic acids is 1. The zero-order chi connectivity index (χ0) is 24.9. The second kappa shape index (κ2) is 10.6. The zero-order valence-corrected chi connectivity index (χ0v) is 20.8. The van der Waals surface area contributed by atoms with Crippen molar-refractivity contribution in [2.75, 3.05) is 18.4 Å². The lowest BCUT2D eigenvalue weighted by Crippen LogP contribution is -2.31. The molecule has 2 N–H and O–H groups in total. The van der Waals surface area contributed by atoms with Gasteiger partial charge in [-0.15, -0.1) is 0 Å². The number of hydrogen-bond acceptors (Lipinski definition) is 5. The van der Waals surface area contributed by atoms with Gasteiger partial charge in [-0.25, -0.2) is 8.42 Å². The van der Waals surface area contributed by atoms with Gasteiger partial charge in [0.15, 0.2) is 6.61 Å². The lowest BCUT2D eigenvalue weighted by Gasteiger charge is -2.18. The van der Waals surface area contributed by atoms with E-state index in [2.05, 4.69) is 10.0 Å². The number of rotatable bonds is 9. The number of hydrogen-bond donors (Lipinski definition) is 2. The van der Waals surface area contributed by atoms with Crippen LogP contribution in [0.2, 0.25) is 0 Å². The molecule has 0 aliphatic carbocycles. The Morgan fingerprint density at radius 1 is 0.912 bits per heavy atom.